The number of carbonyl (C=O) groups excluding carboxylic acids is 1. The molecule has 0 spiro atoms. The fraction of sp³-hybridized carbons (Fsp3) is 0.269. The van der Waals surface area contributed by atoms with Gasteiger partial charge in [0, 0.05) is 11.4 Å². The number of thiophene rings is 1. The van der Waals surface area contributed by atoms with Crippen LogP contribution in [0.2, 0.25) is 0 Å². The number of anilines is 1. The first-order chi connectivity index (χ1) is 16.6. The average Bonchev–Trinajstić information content (AvgIpc) is 3.44. The lowest BCUT2D eigenvalue weighted by atomic mass is 10.1. The van der Waals surface area contributed by atoms with Crippen LogP contribution < -0.4 is 15.6 Å². The molecule has 174 valence electrons. The molecule has 4 aromatic rings. The minimum absolute atomic E-state index is 0.00738. The topological polar surface area (TPSA) is 73.2 Å². The van der Waals surface area contributed by atoms with E-state index in [1.807, 2.05) is 30.3 Å². The minimum Gasteiger partial charge on any atom is -0.495 e. The van der Waals surface area contributed by atoms with Gasteiger partial charge < -0.3 is 10.1 Å². The van der Waals surface area contributed by atoms with Gasteiger partial charge in [-0.3, -0.25) is 14.2 Å². The second kappa shape index (κ2) is 10.0. The molecule has 0 bridgehead atoms. The number of benzene rings is 2. The molecule has 1 aliphatic rings. The van der Waals surface area contributed by atoms with Crippen molar-refractivity contribution in [1.29, 1.82) is 0 Å². The van der Waals surface area contributed by atoms with E-state index in [9.17, 15) is 9.59 Å². The lowest BCUT2D eigenvalue weighted by molar-refractivity contribution is -0.113. The molecule has 34 heavy (non-hydrogen) atoms. The van der Waals surface area contributed by atoms with Crippen molar-refractivity contribution in [2.24, 2.45) is 0 Å². The molecular weight excluding hydrogens is 466 g/mol. The third-order valence-electron chi connectivity index (χ3n) is 5.97. The molecule has 1 amide bonds. The summed E-state index contributed by atoms with van der Waals surface area (Å²) >= 11 is 2.92. The molecule has 0 fully saturated rings. The number of rotatable bonds is 8. The molecule has 0 atom stereocenters. The van der Waals surface area contributed by atoms with Crippen molar-refractivity contribution in [2.45, 2.75) is 37.4 Å². The fourth-order valence-corrected chi connectivity index (χ4v) is 6.44. The van der Waals surface area contributed by atoms with Gasteiger partial charge in [0.25, 0.3) is 5.56 Å². The Morgan fingerprint density at radius 1 is 1.15 bits per heavy atom. The number of aromatic nitrogens is 2. The maximum Gasteiger partial charge on any atom is 0.263 e. The Kier molecular flexibility index (Phi) is 6.69. The van der Waals surface area contributed by atoms with Crippen LogP contribution in [0, 0.1) is 0 Å². The second-order valence-electron chi connectivity index (χ2n) is 8.16. The third-order valence-corrected chi connectivity index (χ3v) is 8.13. The lowest BCUT2D eigenvalue weighted by Crippen LogP contribution is -2.25. The predicted molar refractivity (Wildman–Crippen MR) is 138 cm³/mol. The number of hydrogen-bond donors (Lipinski definition) is 1. The highest BCUT2D eigenvalue weighted by Crippen LogP contribution is 2.35. The van der Waals surface area contributed by atoms with E-state index < -0.39 is 0 Å². The van der Waals surface area contributed by atoms with Crippen LogP contribution in [0.5, 0.6) is 5.75 Å². The van der Waals surface area contributed by atoms with Gasteiger partial charge in [-0.05, 0) is 48.9 Å². The standard InChI is InChI=1S/C26H25N3O3S2/c1-32-20-12-6-5-11-19(20)27-22(30)16-33-26-28-24-23(18-10-7-13-21(18)34-24)25(31)29(26)15-14-17-8-3-2-4-9-17/h2-6,8-9,11-12H,7,10,13-16H2,1H3,(H,27,30). The maximum atomic E-state index is 13.6. The maximum absolute atomic E-state index is 13.6. The number of fused-ring (bicyclic) bond motifs is 3. The van der Waals surface area contributed by atoms with Crippen LogP contribution in [0.4, 0.5) is 5.69 Å². The van der Waals surface area contributed by atoms with E-state index in [-0.39, 0.29) is 17.2 Å². The Bertz CT molecular complexity index is 1400. The second-order valence-corrected chi connectivity index (χ2v) is 10.2. The number of nitrogens with zero attached hydrogens (tertiary/aromatic N) is 2. The van der Waals surface area contributed by atoms with Gasteiger partial charge in [0.1, 0.15) is 10.6 Å². The fourth-order valence-electron chi connectivity index (χ4n) is 4.32. The first-order valence-electron chi connectivity index (χ1n) is 11.3. The Balaban J connectivity index is 1.42. The zero-order valence-corrected chi connectivity index (χ0v) is 20.5. The monoisotopic (exact) mass is 491 g/mol. The van der Waals surface area contributed by atoms with Crippen molar-refractivity contribution < 1.29 is 9.53 Å². The SMILES string of the molecule is COc1ccccc1NC(=O)CSc1nc2sc3c(c2c(=O)n1CCc1ccccc1)CCC3. The number of methoxy groups -OCH3 is 1. The third kappa shape index (κ3) is 4.60. The molecule has 2 aromatic carbocycles. The molecule has 5 rings (SSSR count). The van der Waals surface area contributed by atoms with Gasteiger partial charge in [0.2, 0.25) is 5.91 Å². The minimum atomic E-state index is -0.174. The van der Waals surface area contributed by atoms with Crippen LogP contribution >= 0.6 is 23.1 Å². The molecule has 0 saturated heterocycles. The van der Waals surface area contributed by atoms with Gasteiger partial charge in [0.15, 0.2) is 5.16 Å². The van der Waals surface area contributed by atoms with E-state index >= 15 is 0 Å². The van der Waals surface area contributed by atoms with Crippen molar-refractivity contribution >= 4 is 44.9 Å². The van der Waals surface area contributed by atoms with Crippen molar-refractivity contribution in [1.82, 2.24) is 9.55 Å². The Morgan fingerprint density at radius 3 is 2.76 bits per heavy atom. The van der Waals surface area contributed by atoms with Gasteiger partial charge in [-0.25, -0.2) is 4.98 Å². The molecule has 0 radical (unpaired) electrons. The molecule has 2 heterocycles. The number of carbonyl (C=O) groups is 1. The summed E-state index contributed by atoms with van der Waals surface area (Å²) in [5.74, 6) is 0.576. The summed E-state index contributed by atoms with van der Waals surface area (Å²) < 4.78 is 7.07. The van der Waals surface area contributed by atoms with E-state index in [1.165, 1.54) is 22.2 Å². The molecule has 0 saturated carbocycles. The highest BCUT2D eigenvalue weighted by atomic mass is 32.2. The molecule has 6 nitrogen and oxygen atoms in total. The summed E-state index contributed by atoms with van der Waals surface area (Å²) in [6.07, 6.45) is 3.78. The van der Waals surface area contributed by atoms with E-state index in [0.717, 1.165) is 41.5 Å². The van der Waals surface area contributed by atoms with E-state index in [1.54, 1.807) is 35.1 Å². The van der Waals surface area contributed by atoms with Crippen molar-refractivity contribution in [3.63, 3.8) is 0 Å². The number of nitrogens with one attached hydrogen (secondary N) is 1. The van der Waals surface area contributed by atoms with Crippen LogP contribution in [-0.4, -0.2) is 28.3 Å². The molecule has 0 aliphatic heterocycles. The summed E-state index contributed by atoms with van der Waals surface area (Å²) in [6, 6.07) is 17.4. The van der Waals surface area contributed by atoms with Crippen LogP contribution in [-0.2, 0) is 30.6 Å². The number of thioether (sulfide) groups is 1. The molecule has 1 N–H and O–H groups in total. The largest absolute Gasteiger partial charge is 0.495 e. The smallest absolute Gasteiger partial charge is 0.263 e. The Labute approximate surface area is 206 Å². The van der Waals surface area contributed by atoms with Crippen LogP contribution in [0.15, 0.2) is 64.5 Å². The number of para-hydroxylation sites is 2. The predicted octanol–water partition coefficient (Wildman–Crippen LogP) is 4.93. The first-order valence-corrected chi connectivity index (χ1v) is 13.1. The molecule has 1 aliphatic carbocycles. The average molecular weight is 492 g/mol. The lowest BCUT2D eigenvalue weighted by Gasteiger charge is -2.13. The summed E-state index contributed by atoms with van der Waals surface area (Å²) in [5.41, 5.74) is 2.97. The number of amides is 1. The summed E-state index contributed by atoms with van der Waals surface area (Å²) in [5, 5.41) is 4.25. The summed E-state index contributed by atoms with van der Waals surface area (Å²) in [6.45, 7) is 0.521. The quantitative estimate of drug-likeness (QED) is 0.280. The van der Waals surface area contributed by atoms with Crippen LogP contribution in [0.3, 0.4) is 0 Å². The van der Waals surface area contributed by atoms with Crippen LogP contribution in [0.1, 0.15) is 22.4 Å². The van der Waals surface area contributed by atoms with Crippen LogP contribution in [0.25, 0.3) is 10.2 Å². The van der Waals surface area contributed by atoms with Gasteiger partial charge in [-0.2, -0.15) is 0 Å². The van der Waals surface area contributed by atoms with E-state index in [2.05, 4.69) is 17.4 Å². The molecule has 8 heteroatoms. The van der Waals surface area contributed by atoms with Gasteiger partial charge in [0.05, 0.1) is 23.9 Å². The van der Waals surface area contributed by atoms with Crippen molar-refractivity contribution in [2.75, 3.05) is 18.2 Å². The van der Waals surface area contributed by atoms with Crippen molar-refractivity contribution in [3.05, 3.63) is 81.0 Å². The summed E-state index contributed by atoms with van der Waals surface area (Å²) in [7, 11) is 1.57. The van der Waals surface area contributed by atoms with Gasteiger partial charge >= 0.3 is 0 Å². The number of ether oxygens (including phenoxy) is 1. The highest BCUT2D eigenvalue weighted by molar-refractivity contribution is 7.99. The zero-order valence-electron chi connectivity index (χ0n) is 18.9. The number of aryl methyl sites for hydroxylation is 3. The van der Waals surface area contributed by atoms with Gasteiger partial charge in [-0.1, -0.05) is 54.2 Å². The summed E-state index contributed by atoms with van der Waals surface area (Å²) in [4.78, 5) is 33.3. The zero-order chi connectivity index (χ0) is 23.5. The van der Waals surface area contributed by atoms with Crippen molar-refractivity contribution in [3.8, 4) is 5.75 Å². The van der Waals surface area contributed by atoms with E-state index in [0.29, 0.717) is 23.1 Å². The first kappa shape index (κ1) is 22.7. The van der Waals surface area contributed by atoms with Gasteiger partial charge in [-0.15, -0.1) is 11.3 Å². The number of hydrogen-bond acceptors (Lipinski definition) is 6. The molecular formula is C26H25N3O3S2. The van der Waals surface area contributed by atoms with E-state index in [4.69, 9.17) is 9.72 Å². The molecule has 2 aromatic heterocycles. The Hall–Kier alpha value is -3.10. The Morgan fingerprint density at radius 2 is 1.94 bits per heavy atom. The highest BCUT2D eigenvalue weighted by Gasteiger charge is 2.23. The molecule has 0 unspecified atom stereocenters. The normalized spacial score (nSPS) is 12.6.